The SMILES string of the molecule is COc1ccc2c(c1)N1CCN([C@@H](C)c3ccccc3)C[C@@H]1CC2. The van der Waals surface area contributed by atoms with Crippen molar-refractivity contribution in [3.63, 3.8) is 0 Å². The summed E-state index contributed by atoms with van der Waals surface area (Å²) in [5.41, 5.74) is 4.28. The van der Waals surface area contributed by atoms with Crippen LogP contribution in [0, 0.1) is 0 Å². The first-order chi connectivity index (χ1) is 11.8. The zero-order valence-corrected chi connectivity index (χ0v) is 14.6. The summed E-state index contributed by atoms with van der Waals surface area (Å²) in [4.78, 5) is 5.25. The molecule has 1 saturated heterocycles. The van der Waals surface area contributed by atoms with E-state index in [1.807, 2.05) is 0 Å². The molecular formula is C21H26N2O. The number of hydrogen-bond donors (Lipinski definition) is 0. The van der Waals surface area contributed by atoms with Crippen molar-refractivity contribution < 1.29 is 4.74 Å². The number of nitrogens with zero attached hydrogens (tertiary/aromatic N) is 2. The number of benzene rings is 2. The lowest BCUT2D eigenvalue weighted by Crippen LogP contribution is -2.55. The molecule has 0 aromatic heterocycles. The van der Waals surface area contributed by atoms with Crippen LogP contribution in [-0.2, 0) is 6.42 Å². The molecule has 2 aliphatic heterocycles. The Hall–Kier alpha value is -2.00. The highest BCUT2D eigenvalue weighted by Crippen LogP contribution is 2.36. The van der Waals surface area contributed by atoms with Gasteiger partial charge in [0, 0.05) is 43.5 Å². The van der Waals surface area contributed by atoms with Gasteiger partial charge in [0.15, 0.2) is 0 Å². The lowest BCUT2D eigenvalue weighted by molar-refractivity contribution is 0.165. The van der Waals surface area contributed by atoms with E-state index in [0.29, 0.717) is 12.1 Å². The molecule has 2 atom stereocenters. The van der Waals surface area contributed by atoms with Crippen molar-refractivity contribution in [3.05, 3.63) is 59.7 Å². The topological polar surface area (TPSA) is 15.7 Å². The largest absolute Gasteiger partial charge is 0.497 e. The summed E-state index contributed by atoms with van der Waals surface area (Å²) in [5, 5.41) is 0. The highest BCUT2D eigenvalue weighted by Gasteiger charge is 2.33. The van der Waals surface area contributed by atoms with Crippen molar-refractivity contribution in [1.29, 1.82) is 0 Å². The van der Waals surface area contributed by atoms with Crippen LogP contribution in [0.25, 0.3) is 0 Å². The molecule has 2 heterocycles. The summed E-state index contributed by atoms with van der Waals surface area (Å²) in [6.07, 6.45) is 2.42. The van der Waals surface area contributed by atoms with Gasteiger partial charge in [-0.05, 0) is 37.0 Å². The van der Waals surface area contributed by atoms with Gasteiger partial charge in [-0.3, -0.25) is 4.90 Å². The Kier molecular flexibility index (Phi) is 4.19. The van der Waals surface area contributed by atoms with Gasteiger partial charge in [-0.25, -0.2) is 0 Å². The minimum absolute atomic E-state index is 0.486. The molecule has 0 saturated carbocycles. The second-order valence-electron chi connectivity index (χ2n) is 6.96. The Bertz CT molecular complexity index is 700. The number of piperazine rings is 1. The van der Waals surface area contributed by atoms with Crippen LogP contribution in [0.2, 0.25) is 0 Å². The van der Waals surface area contributed by atoms with Crippen molar-refractivity contribution in [2.45, 2.75) is 31.8 Å². The van der Waals surface area contributed by atoms with Crippen LogP contribution < -0.4 is 9.64 Å². The molecular weight excluding hydrogens is 296 g/mol. The van der Waals surface area contributed by atoms with E-state index in [-0.39, 0.29) is 0 Å². The third-order valence-electron chi connectivity index (χ3n) is 5.69. The van der Waals surface area contributed by atoms with Gasteiger partial charge in [0.25, 0.3) is 0 Å². The summed E-state index contributed by atoms with van der Waals surface area (Å²) in [7, 11) is 1.75. The third-order valence-corrected chi connectivity index (χ3v) is 5.69. The monoisotopic (exact) mass is 322 g/mol. The van der Waals surface area contributed by atoms with Gasteiger partial charge in [-0.2, -0.15) is 0 Å². The second kappa shape index (κ2) is 6.48. The quantitative estimate of drug-likeness (QED) is 0.852. The fraction of sp³-hybridized carbons (Fsp3) is 0.429. The van der Waals surface area contributed by atoms with Crippen LogP contribution in [0.1, 0.15) is 30.5 Å². The molecule has 4 rings (SSSR count). The number of aryl methyl sites for hydroxylation is 1. The van der Waals surface area contributed by atoms with E-state index in [1.165, 1.54) is 29.7 Å². The van der Waals surface area contributed by atoms with Gasteiger partial charge >= 0.3 is 0 Å². The molecule has 0 amide bonds. The molecule has 1 fully saturated rings. The van der Waals surface area contributed by atoms with Crippen LogP contribution in [0.15, 0.2) is 48.5 Å². The van der Waals surface area contributed by atoms with Gasteiger partial charge < -0.3 is 9.64 Å². The highest BCUT2D eigenvalue weighted by molar-refractivity contribution is 5.60. The average Bonchev–Trinajstić information content (AvgIpc) is 2.67. The Morgan fingerprint density at radius 1 is 1.08 bits per heavy atom. The standard InChI is InChI=1S/C21H26N2O/c1-16(17-6-4-3-5-7-17)22-12-13-23-19(15-22)10-8-18-9-11-20(24-2)14-21(18)23/h3-7,9,11,14,16,19H,8,10,12-13,15H2,1-2H3/t16-,19-/m0/s1. The molecule has 24 heavy (non-hydrogen) atoms. The fourth-order valence-corrected chi connectivity index (χ4v) is 4.21. The van der Waals surface area contributed by atoms with Crippen molar-refractivity contribution in [2.75, 3.05) is 31.6 Å². The first-order valence-electron chi connectivity index (χ1n) is 8.99. The molecule has 0 unspecified atom stereocenters. The van der Waals surface area contributed by atoms with Gasteiger partial charge in [0.05, 0.1) is 7.11 Å². The number of anilines is 1. The van der Waals surface area contributed by atoms with Crippen LogP contribution >= 0.6 is 0 Å². The number of fused-ring (bicyclic) bond motifs is 3. The van der Waals surface area contributed by atoms with E-state index >= 15 is 0 Å². The lowest BCUT2D eigenvalue weighted by atomic mass is 9.92. The molecule has 0 radical (unpaired) electrons. The van der Waals surface area contributed by atoms with E-state index in [9.17, 15) is 0 Å². The van der Waals surface area contributed by atoms with E-state index in [1.54, 1.807) is 7.11 Å². The molecule has 2 aliphatic rings. The maximum absolute atomic E-state index is 5.44. The summed E-state index contributed by atoms with van der Waals surface area (Å²) >= 11 is 0. The zero-order chi connectivity index (χ0) is 16.5. The predicted octanol–water partition coefficient (Wildman–Crippen LogP) is 3.89. The van der Waals surface area contributed by atoms with Crippen LogP contribution in [0.4, 0.5) is 5.69 Å². The van der Waals surface area contributed by atoms with Gasteiger partial charge in [0.2, 0.25) is 0 Å². The summed E-state index contributed by atoms with van der Waals surface area (Å²) in [6, 6.07) is 18.5. The molecule has 2 aromatic rings. The smallest absolute Gasteiger partial charge is 0.120 e. The van der Waals surface area contributed by atoms with E-state index in [4.69, 9.17) is 4.74 Å². The average molecular weight is 322 g/mol. The minimum Gasteiger partial charge on any atom is -0.497 e. The second-order valence-corrected chi connectivity index (χ2v) is 6.96. The summed E-state index contributed by atoms with van der Waals surface area (Å²) in [6.45, 7) is 5.70. The Balaban J connectivity index is 1.53. The molecule has 2 aromatic carbocycles. The normalized spacial score (nSPS) is 21.8. The molecule has 0 bridgehead atoms. The third kappa shape index (κ3) is 2.78. The predicted molar refractivity (Wildman–Crippen MR) is 98.9 cm³/mol. The molecule has 0 aliphatic carbocycles. The number of hydrogen-bond acceptors (Lipinski definition) is 3. The molecule has 0 spiro atoms. The van der Waals surface area contributed by atoms with Crippen molar-refractivity contribution in [3.8, 4) is 5.75 Å². The first-order valence-corrected chi connectivity index (χ1v) is 8.99. The van der Waals surface area contributed by atoms with E-state index < -0.39 is 0 Å². The Morgan fingerprint density at radius 3 is 2.71 bits per heavy atom. The molecule has 126 valence electrons. The summed E-state index contributed by atoms with van der Waals surface area (Å²) in [5.74, 6) is 0.967. The Labute approximate surface area is 144 Å². The van der Waals surface area contributed by atoms with E-state index in [0.717, 1.165) is 25.4 Å². The number of rotatable bonds is 3. The number of methoxy groups -OCH3 is 1. The molecule has 3 nitrogen and oxygen atoms in total. The zero-order valence-electron chi connectivity index (χ0n) is 14.6. The molecule has 3 heteroatoms. The maximum atomic E-state index is 5.44. The first kappa shape index (κ1) is 15.5. The molecule has 0 N–H and O–H groups in total. The van der Waals surface area contributed by atoms with Gasteiger partial charge in [-0.15, -0.1) is 0 Å². The van der Waals surface area contributed by atoms with Gasteiger partial charge in [0.1, 0.15) is 5.75 Å². The fourth-order valence-electron chi connectivity index (χ4n) is 4.21. The maximum Gasteiger partial charge on any atom is 0.120 e. The van der Waals surface area contributed by atoms with Crippen molar-refractivity contribution in [2.24, 2.45) is 0 Å². The van der Waals surface area contributed by atoms with Crippen molar-refractivity contribution >= 4 is 5.69 Å². The van der Waals surface area contributed by atoms with Crippen LogP contribution in [0.3, 0.4) is 0 Å². The lowest BCUT2D eigenvalue weighted by Gasteiger charge is -2.48. The van der Waals surface area contributed by atoms with E-state index in [2.05, 4.69) is 65.3 Å². The number of ether oxygens (including phenoxy) is 1. The van der Waals surface area contributed by atoms with Crippen molar-refractivity contribution in [1.82, 2.24) is 4.90 Å². The van der Waals surface area contributed by atoms with Crippen LogP contribution in [0.5, 0.6) is 5.75 Å². The van der Waals surface area contributed by atoms with Gasteiger partial charge in [-0.1, -0.05) is 36.4 Å². The van der Waals surface area contributed by atoms with Crippen LogP contribution in [-0.4, -0.2) is 37.7 Å². The minimum atomic E-state index is 0.486. The Morgan fingerprint density at radius 2 is 1.92 bits per heavy atom. The highest BCUT2D eigenvalue weighted by atomic mass is 16.5. The summed E-state index contributed by atoms with van der Waals surface area (Å²) < 4.78 is 5.44.